The van der Waals surface area contributed by atoms with Crippen molar-refractivity contribution >= 4 is 5.91 Å². The van der Waals surface area contributed by atoms with Crippen molar-refractivity contribution in [3.05, 3.63) is 11.1 Å². The largest absolute Gasteiger partial charge is 0.366 e. The maximum atomic E-state index is 11.9. The zero-order valence-corrected chi connectivity index (χ0v) is 16.9. The molecule has 2 nitrogen and oxygen atoms in total. The molecular formula is C20H39NO. The molecule has 2 N–H and O–H groups in total. The molecule has 0 aromatic rings. The molecule has 22 heavy (non-hydrogen) atoms. The lowest BCUT2D eigenvalue weighted by atomic mass is 9.59. The van der Waals surface area contributed by atoms with Gasteiger partial charge in [0.05, 0.1) is 0 Å². The van der Waals surface area contributed by atoms with Crippen LogP contribution in [-0.2, 0) is 4.79 Å². The summed E-state index contributed by atoms with van der Waals surface area (Å²) in [6.45, 7) is 24.4. The normalized spacial score (nSPS) is 14.0. The van der Waals surface area contributed by atoms with Gasteiger partial charge >= 0.3 is 0 Å². The third-order valence-electron chi connectivity index (χ3n) is 4.04. The summed E-state index contributed by atoms with van der Waals surface area (Å²) in [4.78, 5) is 11.9. The van der Waals surface area contributed by atoms with Gasteiger partial charge in [-0.2, -0.15) is 0 Å². The number of rotatable bonds is 5. The lowest BCUT2D eigenvalue weighted by Crippen LogP contribution is -2.36. The fraction of sp³-hybridized carbons (Fsp3) is 0.850. The number of hydrogen-bond donors (Lipinski definition) is 1. The van der Waals surface area contributed by atoms with Crippen molar-refractivity contribution < 1.29 is 4.79 Å². The molecule has 0 fully saturated rings. The van der Waals surface area contributed by atoms with Gasteiger partial charge in [-0.3, -0.25) is 4.79 Å². The van der Waals surface area contributed by atoms with Crippen LogP contribution >= 0.6 is 0 Å². The van der Waals surface area contributed by atoms with Crippen LogP contribution in [0.15, 0.2) is 11.1 Å². The molecule has 0 heterocycles. The molecule has 0 radical (unpaired) electrons. The Morgan fingerprint density at radius 3 is 1.18 bits per heavy atom. The number of carbonyl (C=O) groups is 1. The highest BCUT2D eigenvalue weighted by atomic mass is 16.1. The zero-order chi connectivity index (χ0) is 18.1. The standard InChI is InChI=1S/C20H39NO/c1-14(16(21)22)15(19(8,9)12-17(2,3)4)20(10,11)13-18(5,6)7/h12-13H2,1-11H3,(H2,21,22). The lowest BCUT2D eigenvalue weighted by molar-refractivity contribution is -0.114. The molecule has 0 atom stereocenters. The predicted molar refractivity (Wildman–Crippen MR) is 97.6 cm³/mol. The Hall–Kier alpha value is -0.790. The van der Waals surface area contributed by atoms with Crippen LogP contribution in [0.3, 0.4) is 0 Å². The van der Waals surface area contributed by atoms with Crippen LogP contribution < -0.4 is 5.73 Å². The first-order valence-electron chi connectivity index (χ1n) is 8.41. The van der Waals surface area contributed by atoms with Gasteiger partial charge < -0.3 is 5.73 Å². The van der Waals surface area contributed by atoms with Gasteiger partial charge in [0.25, 0.3) is 0 Å². The second-order valence-electron chi connectivity index (χ2n) is 10.6. The highest BCUT2D eigenvalue weighted by Gasteiger charge is 2.41. The van der Waals surface area contributed by atoms with Crippen LogP contribution in [-0.4, -0.2) is 5.91 Å². The Labute approximate surface area is 138 Å². The summed E-state index contributed by atoms with van der Waals surface area (Å²) in [7, 11) is 0. The number of carbonyl (C=O) groups excluding carboxylic acids is 1. The van der Waals surface area contributed by atoms with E-state index in [2.05, 4.69) is 69.2 Å². The van der Waals surface area contributed by atoms with Crippen LogP contribution in [0.25, 0.3) is 0 Å². The van der Waals surface area contributed by atoms with Gasteiger partial charge in [0.2, 0.25) is 5.91 Å². The molecule has 0 spiro atoms. The van der Waals surface area contributed by atoms with Crippen molar-refractivity contribution in [1.82, 2.24) is 0 Å². The number of nitrogens with two attached hydrogens (primary N) is 1. The van der Waals surface area contributed by atoms with Gasteiger partial charge in [-0.1, -0.05) is 74.8 Å². The van der Waals surface area contributed by atoms with E-state index >= 15 is 0 Å². The quantitative estimate of drug-likeness (QED) is 0.649. The first kappa shape index (κ1) is 21.2. The monoisotopic (exact) mass is 309 g/mol. The molecular weight excluding hydrogens is 270 g/mol. The van der Waals surface area contributed by atoms with Gasteiger partial charge in [-0.05, 0) is 41.4 Å². The van der Waals surface area contributed by atoms with Crippen molar-refractivity contribution in [3.8, 4) is 0 Å². The predicted octanol–water partition coefficient (Wildman–Crippen LogP) is 5.71. The smallest absolute Gasteiger partial charge is 0.244 e. The van der Waals surface area contributed by atoms with Crippen molar-refractivity contribution in [2.24, 2.45) is 27.4 Å². The molecule has 0 saturated heterocycles. The van der Waals surface area contributed by atoms with E-state index < -0.39 is 0 Å². The minimum absolute atomic E-state index is 0.0634. The molecule has 0 bridgehead atoms. The molecule has 0 aromatic carbocycles. The molecule has 0 aliphatic rings. The topological polar surface area (TPSA) is 43.1 Å². The van der Waals surface area contributed by atoms with E-state index in [1.807, 2.05) is 6.92 Å². The Kier molecular flexibility index (Phi) is 6.14. The SMILES string of the molecule is CC(C(N)=O)=C(C(C)(C)CC(C)(C)C)C(C)(C)CC(C)(C)C. The Morgan fingerprint density at radius 2 is 1.00 bits per heavy atom. The first-order chi connectivity index (χ1) is 9.39. The number of amides is 1. The summed E-state index contributed by atoms with van der Waals surface area (Å²) in [5.74, 6) is -0.293. The third-order valence-corrected chi connectivity index (χ3v) is 4.04. The van der Waals surface area contributed by atoms with Crippen molar-refractivity contribution in [2.75, 3.05) is 0 Å². The summed E-state index contributed by atoms with van der Waals surface area (Å²) in [6.07, 6.45) is 2.04. The first-order valence-corrected chi connectivity index (χ1v) is 8.41. The van der Waals surface area contributed by atoms with E-state index in [-0.39, 0.29) is 27.6 Å². The summed E-state index contributed by atoms with van der Waals surface area (Å²) in [5.41, 5.74) is 7.89. The summed E-state index contributed by atoms with van der Waals surface area (Å²) in [6, 6.07) is 0. The minimum atomic E-state index is -0.293. The van der Waals surface area contributed by atoms with Gasteiger partial charge in [-0.25, -0.2) is 0 Å². The number of hydrogen-bond acceptors (Lipinski definition) is 1. The summed E-state index contributed by atoms with van der Waals surface area (Å²) in [5, 5.41) is 0. The van der Waals surface area contributed by atoms with E-state index in [4.69, 9.17) is 5.73 Å². The second-order valence-corrected chi connectivity index (χ2v) is 10.6. The van der Waals surface area contributed by atoms with Crippen LogP contribution in [0.4, 0.5) is 0 Å². The maximum absolute atomic E-state index is 11.9. The Morgan fingerprint density at radius 1 is 0.727 bits per heavy atom. The van der Waals surface area contributed by atoms with Crippen LogP contribution in [0.1, 0.15) is 89.0 Å². The van der Waals surface area contributed by atoms with E-state index in [0.29, 0.717) is 0 Å². The summed E-state index contributed by atoms with van der Waals surface area (Å²) < 4.78 is 0. The maximum Gasteiger partial charge on any atom is 0.244 e. The second kappa shape index (κ2) is 6.37. The molecule has 0 rings (SSSR count). The number of primary amides is 1. The van der Waals surface area contributed by atoms with Crippen LogP contribution in [0.2, 0.25) is 0 Å². The van der Waals surface area contributed by atoms with Crippen molar-refractivity contribution in [2.45, 2.75) is 89.0 Å². The lowest BCUT2D eigenvalue weighted by Gasteiger charge is -2.45. The molecule has 2 heteroatoms. The summed E-state index contributed by atoms with van der Waals surface area (Å²) >= 11 is 0. The zero-order valence-electron chi connectivity index (χ0n) is 16.9. The van der Waals surface area contributed by atoms with Crippen LogP contribution in [0, 0.1) is 21.7 Å². The van der Waals surface area contributed by atoms with Crippen molar-refractivity contribution in [3.63, 3.8) is 0 Å². The van der Waals surface area contributed by atoms with Gasteiger partial charge in [-0.15, -0.1) is 0 Å². The third kappa shape index (κ3) is 6.54. The molecule has 130 valence electrons. The Bertz CT molecular complexity index is 409. The fourth-order valence-electron chi connectivity index (χ4n) is 4.88. The van der Waals surface area contributed by atoms with Gasteiger partial charge in [0.15, 0.2) is 0 Å². The molecule has 1 amide bonds. The molecule has 0 aliphatic carbocycles. The highest BCUT2D eigenvalue weighted by Crippen LogP contribution is 2.51. The van der Waals surface area contributed by atoms with E-state index in [1.165, 1.54) is 5.57 Å². The number of allylic oxidation sites excluding steroid dienone is 1. The molecule has 0 aliphatic heterocycles. The van der Waals surface area contributed by atoms with Crippen molar-refractivity contribution in [1.29, 1.82) is 0 Å². The van der Waals surface area contributed by atoms with Crippen LogP contribution in [0.5, 0.6) is 0 Å². The average molecular weight is 310 g/mol. The van der Waals surface area contributed by atoms with Gasteiger partial charge in [0, 0.05) is 5.57 Å². The Balaban J connectivity index is 6.10. The minimum Gasteiger partial charge on any atom is -0.366 e. The van der Waals surface area contributed by atoms with Gasteiger partial charge in [0.1, 0.15) is 0 Å². The van der Waals surface area contributed by atoms with E-state index in [0.717, 1.165) is 18.4 Å². The average Bonchev–Trinajstić information content (AvgIpc) is 2.06. The van der Waals surface area contributed by atoms with E-state index in [1.54, 1.807) is 0 Å². The van der Waals surface area contributed by atoms with E-state index in [9.17, 15) is 4.79 Å². The molecule has 0 unspecified atom stereocenters. The molecule has 0 aromatic heterocycles. The fourth-order valence-corrected chi connectivity index (χ4v) is 4.88. The molecule has 0 saturated carbocycles. The highest BCUT2D eigenvalue weighted by molar-refractivity contribution is 5.92.